The number of hydrogen-bond donors (Lipinski definition) is 3. The summed E-state index contributed by atoms with van der Waals surface area (Å²) in [4.78, 5) is 10.4. The van der Waals surface area contributed by atoms with Crippen molar-refractivity contribution in [3.8, 4) is 11.5 Å². The third-order valence-corrected chi connectivity index (χ3v) is 2.47. The van der Waals surface area contributed by atoms with Crippen molar-refractivity contribution in [2.45, 2.75) is 25.3 Å². The zero-order valence-electron chi connectivity index (χ0n) is 9.72. The Bertz CT molecular complexity index is 392. The van der Waals surface area contributed by atoms with E-state index in [-0.39, 0.29) is 18.2 Å². The molecule has 1 aromatic rings. The van der Waals surface area contributed by atoms with Crippen LogP contribution in [0.2, 0.25) is 0 Å². The van der Waals surface area contributed by atoms with Gasteiger partial charge in [0.15, 0.2) is 11.5 Å². The van der Waals surface area contributed by atoms with Gasteiger partial charge in [-0.1, -0.05) is 6.07 Å². The highest BCUT2D eigenvalue weighted by molar-refractivity contribution is 5.66. The van der Waals surface area contributed by atoms with Crippen LogP contribution in [0.15, 0.2) is 18.2 Å². The van der Waals surface area contributed by atoms with Crippen molar-refractivity contribution in [3.63, 3.8) is 0 Å². The quantitative estimate of drug-likeness (QED) is 0.692. The van der Waals surface area contributed by atoms with Gasteiger partial charge in [0.05, 0.1) is 7.11 Å². The largest absolute Gasteiger partial charge is 0.504 e. The molecule has 1 atom stereocenters. The van der Waals surface area contributed by atoms with E-state index in [1.807, 2.05) is 0 Å². The average Bonchev–Trinajstić information content (AvgIpc) is 2.29. The molecule has 0 aliphatic rings. The van der Waals surface area contributed by atoms with Crippen LogP contribution in [0.4, 0.5) is 0 Å². The summed E-state index contributed by atoms with van der Waals surface area (Å²) in [5.74, 6) is -0.368. The Balaban J connectivity index is 2.59. The maximum atomic E-state index is 10.4. The van der Waals surface area contributed by atoms with Crippen LogP contribution in [0.5, 0.6) is 11.5 Å². The van der Waals surface area contributed by atoms with Gasteiger partial charge in [0.2, 0.25) is 0 Å². The van der Waals surface area contributed by atoms with Gasteiger partial charge in [-0.05, 0) is 30.5 Å². The maximum absolute atomic E-state index is 10.4. The van der Waals surface area contributed by atoms with Crippen molar-refractivity contribution in [3.05, 3.63) is 23.8 Å². The number of carboxylic acid groups (broad SMARTS) is 1. The van der Waals surface area contributed by atoms with Gasteiger partial charge in [-0.2, -0.15) is 0 Å². The summed E-state index contributed by atoms with van der Waals surface area (Å²) < 4.78 is 4.98. The number of benzene rings is 1. The molecule has 94 valence electrons. The SMILES string of the molecule is COc1cc(CC(N)CCC(=O)O)ccc1O. The summed E-state index contributed by atoms with van der Waals surface area (Å²) in [5, 5.41) is 17.9. The molecule has 0 amide bonds. The molecule has 0 saturated heterocycles. The summed E-state index contributed by atoms with van der Waals surface area (Å²) in [5.41, 5.74) is 6.73. The van der Waals surface area contributed by atoms with Gasteiger partial charge >= 0.3 is 5.97 Å². The smallest absolute Gasteiger partial charge is 0.303 e. The minimum absolute atomic E-state index is 0.0659. The summed E-state index contributed by atoms with van der Waals surface area (Å²) >= 11 is 0. The monoisotopic (exact) mass is 239 g/mol. The number of nitrogens with two attached hydrogens (primary N) is 1. The molecule has 0 spiro atoms. The summed E-state index contributed by atoms with van der Waals surface area (Å²) in [7, 11) is 1.48. The maximum Gasteiger partial charge on any atom is 0.303 e. The second kappa shape index (κ2) is 6.10. The Morgan fingerprint density at radius 1 is 1.53 bits per heavy atom. The van der Waals surface area contributed by atoms with Gasteiger partial charge in [-0.15, -0.1) is 0 Å². The highest BCUT2D eigenvalue weighted by Crippen LogP contribution is 2.26. The van der Waals surface area contributed by atoms with Crippen LogP contribution in [0.1, 0.15) is 18.4 Å². The molecule has 4 N–H and O–H groups in total. The first kappa shape index (κ1) is 13.3. The molecule has 0 heterocycles. The van der Waals surface area contributed by atoms with Gasteiger partial charge in [0.25, 0.3) is 0 Å². The minimum Gasteiger partial charge on any atom is -0.504 e. The number of methoxy groups -OCH3 is 1. The molecule has 0 aliphatic carbocycles. The predicted molar refractivity (Wildman–Crippen MR) is 63.2 cm³/mol. The second-order valence-electron chi connectivity index (χ2n) is 3.90. The molecule has 0 saturated carbocycles. The molecule has 0 bridgehead atoms. The number of aliphatic carboxylic acids is 1. The van der Waals surface area contributed by atoms with Crippen LogP contribution in [-0.4, -0.2) is 29.3 Å². The molecular formula is C12H17NO4. The molecular weight excluding hydrogens is 222 g/mol. The zero-order valence-corrected chi connectivity index (χ0v) is 9.72. The molecule has 0 fully saturated rings. The number of carboxylic acids is 1. The third kappa shape index (κ3) is 4.32. The van der Waals surface area contributed by atoms with Crippen molar-refractivity contribution in [2.75, 3.05) is 7.11 Å². The predicted octanol–water partition coefficient (Wildman–Crippen LogP) is 1.14. The molecule has 1 unspecified atom stereocenters. The van der Waals surface area contributed by atoms with Crippen LogP contribution in [0, 0.1) is 0 Å². The van der Waals surface area contributed by atoms with E-state index < -0.39 is 5.97 Å². The fourth-order valence-corrected chi connectivity index (χ4v) is 1.56. The van der Waals surface area contributed by atoms with Crippen LogP contribution in [-0.2, 0) is 11.2 Å². The minimum atomic E-state index is -0.844. The van der Waals surface area contributed by atoms with E-state index >= 15 is 0 Å². The van der Waals surface area contributed by atoms with Crippen LogP contribution in [0.25, 0.3) is 0 Å². The van der Waals surface area contributed by atoms with Crippen molar-refractivity contribution in [2.24, 2.45) is 5.73 Å². The summed E-state index contributed by atoms with van der Waals surface area (Å²) in [6.45, 7) is 0. The molecule has 5 heteroatoms. The lowest BCUT2D eigenvalue weighted by Gasteiger charge is -2.11. The van der Waals surface area contributed by atoms with E-state index in [4.69, 9.17) is 15.6 Å². The lowest BCUT2D eigenvalue weighted by atomic mass is 10.0. The summed E-state index contributed by atoms with van der Waals surface area (Å²) in [6.07, 6.45) is 1.05. The fourth-order valence-electron chi connectivity index (χ4n) is 1.56. The van der Waals surface area contributed by atoms with Gasteiger partial charge in [0.1, 0.15) is 0 Å². The van der Waals surface area contributed by atoms with E-state index in [9.17, 15) is 9.90 Å². The Kier molecular flexibility index (Phi) is 4.78. The van der Waals surface area contributed by atoms with E-state index in [1.54, 1.807) is 12.1 Å². The zero-order chi connectivity index (χ0) is 12.8. The average molecular weight is 239 g/mol. The number of phenolic OH excluding ortho intramolecular Hbond substituents is 1. The molecule has 0 aromatic heterocycles. The van der Waals surface area contributed by atoms with Gasteiger partial charge in [0, 0.05) is 12.5 Å². The van der Waals surface area contributed by atoms with Crippen LogP contribution in [0.3, 0.4) is 0 Å². The topological polar surface area (TPSA) is 92.8 Å². The first-order valence-electron chi connectivity index (χ1n) is 5.36. The Morgan fingerprint density at radius 3 is 2.82 bits per heavy atom. The highest BCUT2D eigenvalue weighted by atomic mass is 16.5. The fraction of sp³-hybridized carbons (Fsp3) is 0.417. The molecule has 0 radical (unpaired) electrons. The highest BCUT2D eigenvalue weighted by Gasteiger charge is 2.09. The van der Waals surface area contributed by atoms with Crippen molar-refractivity contribution in [1.82, 2.24) is 0 Å². The standard InChI is InChI=1S/C12H17NO4/c1-17-11-7-8(2-4-10(11)14)6-9(13)3-5-12(15)16/h2,4,7,9,14H,3,5-6,13H2,1H3,(H,15,16). The first-order valence-corrected chi connectivity index (χ1v) is 5.36. The van der Waals surface area contributed by atoms with Crippen molar-refractivity contribution in [1.29, 1.82) is 0 Å². The Labute approximate surface area is 99.8 Å². The molecule has 1 aromatic carbocycles. The number of rotatable bonds is 6. The van der Waals surface area contributed by atoms with Crippen molar-refractivity contribution >= 4 is 5.97 Å². The lowest BCUT2D eigenvalue weighted by molar-refractivity contribution is -0.137. The van der Waals surface area contributed by atoms with E-state index in [0.717, 1.165) is 5.56 Å². The van der Waals surface area contributed by atoms with E-state index in [1.165, 1.54) is 13.2 Å². The summed E-state index contributed by atoms with van der Waals surface area (Å²) in [6, 6.07) is 4.78. The Morgan fingerprint density at radius 2 is 2.24 bits per heavy atom. The first-order chi connectivity index (χ1) is 8.02. The Hall–Kier alpha value is -1.75. The number of hydrogen-bond acceptors (Lipinski definition) is 4. The van der Waals surface area contributed by atoms with Gasteiger partial charge in [-0.25, -0.2) is 0 Å². The van der Waals surface area contributed by atoms with Crippen LogP contribution < -0.4 is 10.5 Å². The second-order valence-corrected chi connectivity index (χ2v) is 3.90. The van der Waals surface area contributed by atoms with E-state index in [2.05, 4.69) is 0 Å². The number of ether oxygens (including phenoxy) is 1. The molecule has 5 nitrogen and oxygen atoms in total. The number of phenols is 1. The molecule has 17 heavy (non-hydrogen) atoms. The van der Waals surface area contributed by atoms with Crippen molar-refractivity contribution < 1.29 is 19.7 Å². The third-order valence-electron chi connectivity index (χ3n) is 2.47. The van der Waals surface area contributed by atoms with Gasteiger partial charge in [-0.3, -0.25) is 4.79 Å². The number of aromatic hydroxyl groups is 1. The normalized spacial score (nSPS) is 12.1. The van der Waals surface area contributed by atoms with Gasteiger partial charge < -0.3 is 20.7 Å². The van der Waals surface area contributed by atoms with E-state index in [0.29, 0.717) is 18.6 Å². The molecule has 1 rings (SSSR count). The van der Waals surface area contributed by atoms with Crippen LogP contribution >= 0.6 is 0 Å². The number of carbonyl (C=O) groups is 1. The molecule has 0 aliphatic heterocycles. The lowest BCUT2D eigenvalue weighted by Crippen LogP contribution is -2.23.